The maximum Gasteiger partial charge on any atom is 0.260 e. The van der Waals surface area contributed by atoms with Crippen molar-refractivity contribution in [1.29, 1.82) is 0 Å². The minimum Gasteiger partial charge on any atom is -0.340 e. The molecule has 5 heterocycles. The average molecular weight is 485 g/mol. The Morgan fingerprint density at radius 3 is 2.53 bits per heavy atom. The number of piperidine rings is 3. The van der Waals surface area contributed by atoms with Gasteiger partial charge in [0, 0.05) is 43.2 Å². The van der Waals surface area contributed by atoms with Crippen LogP contribution in [0.25, 0.3) is 0 Å². The molecule has 3 saturated heterocycles. The lowest BCUT2D eigenvalue weighted by Crippen LogP contribution is -2.62. The number of para-hydroxylation sites is 1. The zero-order chi connectivity index (χ0) is 24.6. The number of likely N-dealkylation sites (tertiary alicyclic amines) is 1. The highest BCUT2D eigenvalue weighted by Gasteiger charge is 2.49. The number of hydrogen-bond donors (Lipinski definition) is 0. The van der Waals surface area contributed by atoms with Crippen LogP contribution in [0.1, 0.15) is 58.1 Å². The van der Waals surface area contributed by atoms with Crippen molar-refractivity contribution in [1.82, 2.24) is 14.7 Å². The molecule has 4 atom stereocenters. The van der Waals surface area contributed by atoms with Crippen molar-refractivity contribution in [3.8, 4) is 0 Å². The molecule has 0 saturated carbocycles. The molecule has 2 bridgehead atoms. The lowest BCUT2D eigenvalue weighted by Gasteiger charge is -2.52. The fraction of sp³-hybridized carbons (Fsp3) is 0.429. The summed E-state index contributed by atoms with van der Waals surface area (Å²) in [6.45, 7) is 1.86. The number of anilines is 1. The van der Waals surface area contributed by atoms with Crippen molar-refractivity contribution >= 4 is 29.3 Å². The van der Waals surface area contributed by atoms with E-state index in [0.29, 0.717) is 36.3 Å². The second kappa shape index (κ2) is 7.91. The third-order valence-electron chi connectivity index (χ3n) is 8.72. The van der Waals surface area contributed by atoms with Gasteiger partial charge in [0.25, 0.3) is 11.8 Å². The number of rotatable bonds is 2. The summed E-state index contributed by atoms with van der Waals surface area (Å²) in [7, 11) is 0. The van der Waals surface area contributed by atoms with E-state index in [0.717, 1.165) is 31.4 Å². The third-order valence-corrected chi connectivity index (χ3v) is 8.72. The van der Waals surface area contributed by atoms with Crippen molar-refractivity contribution in [2.45, 2.75) is 37.9 Å². The second-order valence-electron chi connectivity index (χ2n) is 10.8. The van der Waals surface area contributed by atoms with E-state index >= 15 is 0 Å². The molecule has 0 aliphatic carbocycles. The maximum atomic E-state index is 13.7. The summed E-state index contributed by atoms with van der Waals surface area (Å²) < 4.78 is 0. The zero-order valence-electron chi connectivity index (χ0n) is 20.0. The van der Waals surface area contributed by atoms with Crippen LogP contribution in [0, 0.1) is 11.8 Å². The highest BCUT2D eigenvalue weighted by Crippen LogP contribution is 2.45. The summed E-state index contributed by atoms with van der Waals surface area (Å²) >= 11 is 0. The number of amides is 4. The summed E-state index contributed by atoms with van der Waals surface area (Å²) in [6, 6.07) is 14.7. The number of carbonyl (C=O) groups is 4. The first kappa shape index (κ1) is 21.6. The van der Waals surface area contributed by atoms with Gasteiger partial charge in [-0.05, 0) is 49.3 Å². The highest BCUT2D eigenvalue weighted by molar-refractivity contribution is 6.17. The van der Waals surface area contributed by atoms with Gasteiger partial charge in [-0.1, -0.05) is 30.3 Å². The number of carbonyl (C=O) groups excluding carboxylic acids is 4. The zero-order valence-corrected chi connectivity index (χ0v) is 20.0. The maximum absolute atomic E-state index is 13.7. The summed E-state index contributed by atoms with van der Waals surface area (Å²) in [5.41, 5.74) is 2.35. The molecule has 3 fully saturated rings. The first-order valence-corrected chi connectivity index (χ1v) is 12.9. The molecule has 5 aliphatic heterocycles. The van der Waals surface area contributed by atoms with Crippen molar-refractivity contribution in [3.63, 3.8) is 0 Å². The van der Waals surface area contributed by atoms with E-state index in [9.17, 15) is 19.2 Å². The molecule has 0 spiro atoms. The predicted octanol–water partition coefficient (Wildman–Crippen LogP) is 2.66. The third kappa shape index (κ3) is 3.06. The molecular weight excluding hydrogens is 456 g/mol. The van der Waals surface area contributed by atoms with Gasteiger partial charge >= 0.3 is 0 Å². The van der Waals surface area contributed by atoms with Gasteiger partial charge < -0.3 is 14.7 Å². The van der Waals surface area contributed by atoms with Gasteiger partial charge in [-0.15, -0.1) is 0 Å². The fourth-order valence-corrected chi connectivity index (χ4v) is 7.19. The molecule has 0 aromatic heterocycles. The van der Waals surface area contributed by atoms with Gasteiger partial charge in [-0.25, -0.2) is 0 Å². The quantitative estimate of drug-likeness (QED) is 0.657. The summed E-state index contributed by atoms with van der Waals surface area (Å²) in [5, 5.41) is 0. The van der Waals surface area contributed by atoms with Gasteiger partial charge in [-0.3, -0.25) is 24.1 Å². The molecule has 184 valence electrons. The minimum absolute atomic E-state index is 0.0807. The molecule has 0 N–H and O–H groups in total. The van der Waals surface area contributed by atoms with Crippen molar-refractivity contribution in [2.75, 3.05) is 31.1 Å². The lowest BCUT2D eigenvalue weighted by atomic mass is 9.76. The Morgan fingerprint density at radius 2 is 1.67 bits per heavy atom. The van der Waals surface area contributed by atoms with Crippen LogP contribution in [-0.4, -0.2) is 70.5 Å². The molecule has 2 aromatic rings. The van der Waals surface area contributed by atoms with E-state index in [2.05, 4.69) is 4.90 Å². The molecule has 5 aliphatic rings. The molecule has 8 nitrogen and oxygen atoms in total. The van der Waals surface area contributed by atoms with E-state index in [-0.39, 0.29) is 48.1 Å². The Morgan fingerprint density at radius 1 is 0.889 bits per heavy atom. The van der Waals surface area contributed by atoms with Crippen LogP contribution in [0.15, 0.2) is 48.5 Å². The number of fused-ring (bicyclic) bond motifs is 9. The molecule has 8 heteroatoms. The Bertz CT molecular complexity index is 1310. The first-order valence-electron chi connectivity index (χ1n) is 12.9. The standard InChI is InChI=1S/C28H28N4O4/c33-24-11-5-10-22-18-12-17(14-30(22)24)13-29(15-18)25(34)16-31-26-19-6-1-2-7-20(19)28(36)32(26)23-9-4-3-8-21(23)27(31)35/h1-4,6-9,17-18,22,26H,5,10-16H2/t17-,18+,22-,26+/m1/s1. The largest absolute Gasteiger partial charge is 0.340 e. The Hall–Kier alpha value is -3.68. The Balaban J connectivity index is 1.19. The van der Waals surface area contributed by atoms with Gasteiger partial charge in [0.05, 0.1) is 11.3 Å². The number of nitrogens with zero attached hydrogens (tertiary/aromatic N) is 4. The van der Waals surface area contributed by atoms with Crippen LogP contribution in [0.3, 0.4) is 0 Å². The topological polar surface area (TPSA) is 81.2 Å². The minimum atomic E-state index is -0.629. The molecule has 36 heavy (non-hydrogen) atoms. The van der Waals surface area contributed by atoms with Crippen molar-refractivity contribution in [2.24, 2.45) is 11.8 Å². The van der Waals surface area contributed by atoms with Gasteiger partial charge in [-0.2, -0.15) is 0 Å². The monoisotopic (exact) mass is 484 g/mol. The van der Waals surface area contributed by atoms with Gasteiger partial charge in [0.15, 0.2) is 0 Å². The van der Waals surface area contributed by atoms with Crippen LogP contribution in [-0.2, 0) is 9.59 Å². The van der Waals surface area contributed by atoms with E-state index in [4.69, 9.17) is 0 Å². The number of benzene rings is 2. The molecule has 7 rings (SSSR count). The van der Waals surface area contributed by atoms with Crippen LogP contribution in [0.2, 0.25) is 0 Å². The predicted molar refractivity (Wildman–Crippen MR) is 131 cm³/mol. The molecule has 0 radical (unpaired) electrons. The Labute approximate surface area is 209 Å². The van der Waals surface area contributed by atoms with Gasteiger partial charge in [0.1, 0.15) is 12.7 Å². The summed E-state index contributed by atoms with van der Waals surface area (Å²) in [6.07, 6.45) is 2.97. The van der Waals surface area contributed by atoms with Crippen LogP contribution in [0.5, 0.6) is 0 Å². The number of hydrogen-bond acceptors (Lipinski definition) is 4. The fourth-order valence-electron chi connectivity index (χ4n) is 7.19. The van der Waals surface area contributed by atoms with Crippen LogP contribution >= 0.6 is 0 Å². The molecular formula is C28H28N4O4. The molecule has 4 amide bonds. The van der Waals surface area contributed by atoms with E-state index in [1.54, 1.807) is 34.1 Å². The normalized spacial score (nSPS) is 28.5. The van der Waals surface area contributed by atoms with Crippen molar-refractivity contribution < 1.29 is 19.2 Å². The molecule has 2 aromatic carbocycles. The van der Waals surface area contributed by atoms with Gasteiger partial charge in [0.2, 0.25) is 11.8 Å². The van der Waals surface area contributed by atoms with E-state index in [1.165, 1.54) is 0 Å². The van der Waals surface area contributed by atoms with E-state index < -0.39 is 6.17 Å². The summed E-state index contributed by atoms with van der Waals surface area (Å²) in [5.74, 6) is 0.337. The van der Waals surface area contributed by atoms with Crippen molar-refractivity contribution in [3.05, 3.63) is 65.2 Å². The average Bonchev–Trinajstić information content (AvgIpc) is 3.19. The second-order valence-corrected chi connectivity index (χ2v) is 10.8. The SMILES string of the molecule is O=C(CN1C(=O)c2ccccc2N2C(=O)c3ccccc3[C@@H]12)N1C[C@H]2C[C@@H](C1)[C@H]1CCCC(=O)N1C2. The summed E-state index contributed by atoms with van der Waals surface area (Å²) in [4.78, 5) is 60.4. The Kier molecular flexibility index (Phi) is 4.75. The van der Waals surface area contributed by atoms with Crippen LogP contribution < -0.4 is 4.90 Å². The van der Waals surface area contributed by atoms with E-state index in [1.807, 2.05) is 29.2 Å². The molecule has 0 unspecified atom stereocenters. The highest BCUT2D eigenvalue weighted by atomic mass is 16.2. The van der Waals surface area contributed by atoms with Crippen LogP contribution in [0.4, 0.5) is 5.69 Å². The first-order chi connectivity index (χ1) is 17.5. The smallest absolute Gasteiger partial charge is 0.260 e. The lowest BCUT2D eigenvalue weighted by molar-refractivity contribution is -0.149.